The van der Waals surface area contributed by atoms with Crippen LogP contribution in [0.4, 0.5) is 0 Å². The van der Waals surface area contributed by atoms with Crippen LogP contribution in [0.25, 0.3) is 0 Å². The third kappa shape index (κ3) is 6.33. The lowest BCUT2D eigenvalue weighted by atomic mass is 10.2. The van der Waals surface area contributed by atoms with Gasteiger partial charge in [-0.1, -0.05) is 96.1 Å². The first kappa shape index (κ1) is 23.3. The molecule has 0 aliphatic carbocycles. The quantitative estimate of drug-likeness (QED) is 0.177. The predicted octanol–water partition coefficient (Wildman–Crippen LogP) is 6.92. The van der Waals surface area contributed by atoms with Crippen LogP contribution in [0.15, 0.2) is 93.6 Å². The molecule has 33 heavy (non-hydrogen) atoms. The number of para-hydroxylation sites is 1. The molecule has 0 fully saturated rings. The predicted molar refractivity (Wildman–Crippen MR) is 138 cm³/mol. The van der Waals surface area contributed by atoms with E-state index in [1.807, 2.05) is 65.5 Å². The number of hydrogen-bond donors (Lipinski definition) is 0. The van der Waals surface area contributed by atoms with Crippen molar-refractivity contribution in [2.45, 2.75) is 37.3 Å². The Bertz CT molecular complexity index is 1210. The van der Waals surface area contributed by atoms with Crippen molar-refractivity contribution >= 4 is 33.9 Å². The van der Waals surface area contributed by atoms with E-state index in [2.05, 4.69) is 64.2 Å². The van der Waals surface area contributed by atoms with Crippen LogP contribution in [0.3, 0.4) is 0 Å². The first-order chi connectivity index (χ1) is 16.1. The molecule has 7 heteroatoms. The summed E-state index contributed by atoms with van der Waals surface area (Å²) in [5.74, 6) is 2.59. The standard InChI is InChI=1S/C26H25BrN4OS/c1-19(2)25-29-30-26(33-18-21-12-14-23(27)15-13-21)31(25)28-16-22-10-6-7-11-24(22)32-17-20-8-4-3-5-9-20/h3-16,19H,17-18H2,1-2H3/b28-16-. The monoisotopic (exact) mass is 520 g/mol. The second-order valence-corrected chi connectivity index (χ2v) is 9.64. The van der Waals surface area contributed by atoms with E-state index in [1.54, 1.807) is 11.8 Å². The third-order valence-corrected chi connectivity index (χ3v) is 6.42. The molecule has 4 rings (SSSR count). The molecule has 0 saturated carbocycles. The Morgan fingerprint density at radius 3 is 2.42 bits per heavy atom. The molecule has 0 spiro atoms. The van der Waals surface area contributed by atoms with Crippen LogP contribution in [0.2, 0.25) is 0 Å². The van der Waals surface area contributed by atoms with Crippen LogP contribution >= 0.6 is 27.7 Å². The molecule has 1 aromatic heterocycles. The van der Waals surface area contributed by atoms with Gasteiger partial charge in [0.1, 0.15) is 12.4 Å². The number of rotatable bonds is 9. The topological polar surface area (TPSA) is 52.3 Å². The molecule has 4 aromatic rings. The van der Waals surface area contributed by atoms with Crippen LogP contribution in [0, 0.1) is 0 Å². The largest absolute Gasteiger partial charge is 0.488 e. The van der Waals surface area contributed by atoms with Gasteiger partial charge < -0.3 is 4.74 Å². The fourth-order valence-electron chi connectivity index (χ4n) is 3.14. The van der Waals surface area contributed by atoms with E-state index in [9.17, 15) is 0 Å². The van der Waals surface area contributed by atoms with Gasteiger partial charge in [0.15, 0.2) is 5.82 Å². The minimum atomic E-state index is 0.196. The molecular formula is C26H25BrN4OS. The Kier molecular flexibility index (Phi) is 7.96. The Balaban J connectivity index is 1.53. The van der Waals surface area contributed by atoms with E-state index < -0.39 is 0 Å². The molecule has 0 radical (unpaired) electrons. The van der Waals surface area contributed by atoms with Gasteiger partial charge in [0.25, 0.3) is 0 Å². The maximum atomic E-state index is 6.08. The number of halogens is 1. The lowest BCUT2D eigenvalue weighted by Gasteiger charge is -2.10. The zero-order valence-electron chi connectivity index (χ0n) is 18.6. The van der Waals surface area contributed by atoms with Gasteiger partial charge in [-0.3, -0.25) is 0 Å². The zero-order valence-corrected chi connectivity index (χ0v) is 21.0. The Labute approximate surface area is 207 Å². The van der Waals surface area contributed by atoms with E-state index in [0.29, 0.717) is 6.61 Å². The van der Waals surface area contributed by atoms with E-state index in [0.717, 1.165) is 38.1 Å². The number of nitrogens with zero attached hydrogens (tertiary/aromatic N) is 4. The van der Waals surface area contributed by atoms with Crippen LogP contribution in [0.1, 0.15) is 42.3 Å². The maximum Gasteiger partial charge on any atom is 0.212 e. The fourth-order valence-corrected chi connectivity index (χ4v) is 4.25. The summed E-state index contributed by atoms with van der Waals surface area (Å²) in [5.41, 5.74) is 3.24. The Hall–Kier alpha value is -2.90. The molecule has 0 aliphatic heterocycles. The molecule has 0 bridgehead atoms. The van der Waals surface area contributed by atoms with Crippen LogP contribution in [-0.2, 0) is 12.4 Å². The summed E-state index contributed by atoms with van der Waals surface area (Å²) >= 11 is 5.10. The van der Waals surface area contributed by atoms with Crippen molar-refractivity contribution in [3.05, 3.63) is 106 Å². The molecule has 3 aromatic carbocycles. The van der Waals surface area contributed by atoms with Gasteiger partial charge in [-0.15, -0.1) is 10.2 Å². The SMILES string of the molecule is CC(C)c1nnc(SCc2ccc(Br)cc2)n1/N=C\c1ccccc1OCc1ccccc1. The summed E-state index contributed by atoms with van der Waals surface area (Å²) in [5, 5.41) is 14.3. The maximum absolute atomic E-state index is 6.08. The van der Waals surface area contributed by atoms with Crippen molar-refractivity contribution in [3.63, 3.8) is 0 Å². The summed E-state index contributed by atoms with van der Waals surface area (Å²) in [4.78, 5) is 0. The lowest BCUT2D eigenvalue weighted by molar-refractivity contribution is 0.306. The molecule has 0 aliphatic rings. The normalized spacial score (nSPS) is 11.4. The van der Waals surface area contributed by atoms with Crippen molar-refractivity contribution in [1.82, 2.24) is 14.9 Å². The summed E-state index contributed by atoms with van der Waals surface area (Å²) in [6.07, 6.45) is 1.82. The minimum Gasteiger partial charge on any atom is -0.488 e. The molecule has 0 unspecified atom stereocenters. The number of benzene rings is 3. The average Bonchev–Trinajstić information content (AvgIpc) is 3.25. The molecule has 0 saturated heterocycles. The summed E-state index contributed by atoms with van der Waals surface area (Å²) < 4.78 is 8.98. The molecule has 5 nitrogen and oxygen atoms in total. The van der Waals surface area contributed by atoms with E-state index in [1.165, 1.54) is 5.56 Å². The highest BCUT2D eigenvalue weighted by atomic mass is 79.9. The minimum absolute atomic E-state index is 0.196. The highest BCUT2D eigenvalue weighted by Crippen LogP contribution is 2.26. The highest BCUT2D eigenvalue weighted by molar-refractivity contribution is 9.10. The van der Waals surface area contributed by atoms with E-state index in [4.69, 9.17) is 9.84 Å². The van der Waals surface area contributed by atoms with Gasteiger partial charge in [-0.25, -0.2) is 0 Å². The lowest BCUT2D eigenvalue weighted by Crippen LogP contribution is -2.03. The van der Waals surface area contributed by atoms with Gasteiger partial charge in [-0.2, -0.15) is 9.78 Å². The average molecular weight is 521 g/mol. The molecule has 1 heterocycles. The number of thioether (sulfide) groups is 1. The summed E-state index contributed by atoms with van der Waals surface area (Å²) in [6, 6.07) is 26.3. The molecule has 0 atom stereocenters. The van der Waals surface area contributed by atoms with Crippen molar-refractivity contribution in [3.8, 4) is 5.75 Å². The fraction of sp³-hybridized carbons (Fsp3) is 0.192. The smallest absolute Gasteiger partial charge is 0.212 e. The second-order valence-electron chi connectivity index (χ2n) is 7.78. The van der Waals surface area contributed by atoms with Crippen LogP contribution < -0.4 is 4.74 Å². The second kappa shape index (κ2) is 11.3. The van der Waals surface area contributed by atoms with Gasteiger partial charge in [0.05, 0.1) is 6.21 Å². The summed E-state index contributed by atoms with van der Waals surface area (Å²) in [7, 11) is 0. The number of hydrogen-bond acceptors (Lipinski definition) is 5. The van der Waals surface area contributed by atoms with Crippen molar-refractivity contribution in [2.75, 3.05) is 0 Å². The number of ether oxygens (including phenoxy) is 1. The number of aromatic nitrogens is 3. The van der Waals surface area contributed by atoms with Gasteiger partial charge >= 0.3 is 0 Å². The first-order valence-electron chi connectivity index (χ1n) is 10.7. The third-order valence-electron chi connectivity index (χ3n) is 4.90. The molecular weight excluding hydrogens is 496 g/mol. The van der Waals surface area contributed by atoms with Crippen LogP contribution in [-0.4, -0.2) is 21.1 Å². The van der Waals surface area contributed by atoms with E-state index >= 15 is 0 Å². The van der Waals surface area contributed by atoms with Gasteiger partial charge in [0.2, 0.25) is 5.16 Å². The van der Waals surface area contributed by atoms with E-state index in [-0.39, 0.29) is 5.92 Å². The van der Waals surface area contributed by atoms with Crippen LogP contribution in [0.5, 0.6) is 5.75 Å². The summed E-state index contributed by atoms with van der Waals surface area (Å²) in [6.45, 7) is 4.69. The Morgan fingerprint density at radius 1 is 0.939 bits per heavy atom. The highest BCUT2D eigenvalue weighted by Gasteiger charge is 2.15. The first-order valence-corrected chi connectivity index (χ1v) is 12.5. The molecule has 0 amide bonds. The van der Waals surface area contributed by atoms with Crippen molar-refractivity contribution in [2.24, 2.45) is 5.10 Å². The molecule has 168 valence electrons. The zero-order chi connectivity index (χ0) is 23.0. The van der Waals surface area contributed by atoms with Crippen molar-refractivity contribution < 1.29 is 4.74 Å². The molecule has 0 N–H and O–H groups in total. The van der Waals surface area contributed by atoms with Gasteiger partial charge in [0, 0.05) is 21.7 Å². The van der Waals surface area contributed by atoms with Crippen molar-refractivity contribution in [1.29, 1.82) is 0 Å². The Morgan fingerprint density at radius 2 is 1.67 bits per heavy atom. The van der Waals surface area contributed by atoms with Gasteiger partial charge in [-0.05, 0) is 35.4 Å².